The van der Waals surface area contributed by atoms with E-state index >= 15 is 0 Å². The molecule has 2 N–H and O–H groups in total. The summed E-state index contributed by atoms with van der Waals surface area (Å²) in [5.74, 6) is 0.566. The molecule has 0 radical (unpaired) electrons. The van der Waals surface area contributed by atoms with Crippen LogP contribution in [0.5, 0.6) is 5.75 Å². The fourth-order valence-corrected chi connectivity index (χ4v) is 2.63. The molecule has 4 nitrogen and oxygen atoms in total. The lowest BCUT2D eigenvalue weighted by molar-refractivity contribution is 0.0977. The van der Waals surface area contributed by atoms with Crippen LogP contribution in [0.2, 0.25) is 0 Å². The van der Waals surface area contributed by atoms with E-state index < -0.39 is 0 Å². The Morgan fingerprint density at radius 2 is 1.92 bits per heavy atom. The number of aryl methyl sites for hydroxylation is 1. The molecule has 0 heterocycles. The van der Waals surface area contributed by atoms with E-state index in [-0.39, 0.29) is 11.0 Å². The molecule has 0 aliphatic carbocycles. The van der Waals surface area contributed by atoms with Crippen molar-refractivity contribution in [1.82, 2.24) is 5.32 Å². The Balaban J connectivity index is 1.88. The molecular formula is C19H21BrN2O2S. The van der Waals surface area contributed by atoms with E-state index in [1.165, 1.54) is 0 Å². The van der Waals surface area contributed by atoms with E-state index in [0.717, 1.165) is 34.3 Å². The molecule has 2 aromatic rings. The molecule has 0 atom stereocenters. The summed E-state index contributed by atoms with van der Waals surface area (Å²) in [5, 5.41) is 5.92. The van der Waals surface area contributed by atoms with Crippen molar-refractivity contribution in [2.24, 2.45) is 0 Å². The molecule has 0 bridgehead atoms. The minimum absolute atomic E-state index is 0.251. The molecule has 25 heavy (non-hydrogen) atoms. The van der Waals surface area contributed by atoms with Crippen LogP contribution in [0.3, 0.4) is 0 Å². The highest BCUT2D eigenvalue weighted by molar-refractivity contribution is 9.10. The van der Waals surface area contributed by atoms with Gasteiger partial charge in [-0.15, -0.1) is 0 Å². The van der Waals surface area contributed by atoms with Crippen molar-refractivity contribution in [3.8, 4) is 5.75 Å². The van der Waals surface area contributed by atoms with Gasteiger partial charge in [-0.1, -0.05) is 35.3 Å². The zero-order valence-electron chi connectivity index (χ0n) is 14.3. The first-order valence-electron chi connectivity index (χ1n) is 8.11. The Hall–Kier alpha value is -1.92. The van der Waals surface area contributed by atoms with Crippen LogP contribution in [-0.2, 0) is 0 Å². The normalized spacial score (nSPS) is 10.2. The Bertz CT molecular complexity index is 748. The van der Waals surface area contributed by atoms with Crippen LogP contribution in [0.1, 0.15) is 35.7 Å². The van der Waals surface area contributed by atoms with Crippen molar-refractivity contribution in [1.29, 1.82) is 0 Å². The van der Waals surface area contributed by atoms with Crippen molar-refractivity contribution in [2.45, 2.75) is 26.7 Å². The third kappa shape index (κ3) is 6.14. The van der Waals surface area contributed by atoms with Gasteiger partial charge in [0.15, 0.2) is 5.11 Å². The summed E-state index contributed by atoms with van der Waals surface area (Å²) in [6.45, 7) is 4.80. The van der Waals surface area contributed by atoms with Crippen molar-refractivity contribution in [3.63, 3.8) is 0 Å². The van der Waals surface area contributed by atoms with Gasteiger partial charge in [0, 0.05) is 15.7 Å². The highest BCUT2D eigenvalue weighted by atomic mass is 79.9. The summed E-state index contributed by atoms with van der Waals surface area (Å²) in [4.78, 5) is 12.2. The number of rotatable bonds is 6. The first-order chi connectivity index (χ1) is 12.0. The summed E-state index contributed by atoms with van der Waals surface area (Å²) in [5.41, 5.74) is 2.40. The number of thiocarbonyl (C=S) groups is 1. The monoisotopic (exact) mass is 420 g/mol. The van der Waals surface area contributed by atoms with Crippen LogP contribution in [0, 0.1) is 6.92 Å². The smallest absolute Gasteiger partial charge is 0.257 e. The van der Waals surface area contributed by atoms with Crippen LogP contribution in [0.25, 0.3) is 0 Å². The predicted molar refractivity (Wildman–Crippen MR) is 109 cm³/mol. The molecule has 1 amide bonds. The fraction of sp³-hybridized carbons (Fsp3) is 0.263. The fourth-order valence-electron chi connectivity index (χ4n) is 2.04. The quantitative estimate of drug-likeness (QED) is 0.506. The number of anilines is 1. The van der Waals surface area contributed by atoms with E-state index in [1.54, 1.807) is 12.1 Å². The van der Waals surface area contributed by atoms with Gasteiger partial charge in [-0.2, -0.15) is 0 Å². The summed E-state index contributed by atoms with van der Waals surface area (Å²) >= 11 is 8.63. The molecule has 2 aromatic carbocycles. The van der Waals surface area contributed by atoms with Crippen LogP contribution < -0.4 is 15.4 Å². The molecule has 2 rings (SSSR count). The van der Waals surface area contributed by atoms with E-state index in [9.17, 15) is 4.79 Å². The number of halogens is 1. The number of benzene rings is 2. The average Bonchev–Trinajstić information content (AvgIpc) is 2.59. The maximum absolute atomic E-state index is 12.2. The van der Waals surface area contributed by atoms with Gasteiger partial charge in [0.1, 0.15) is 5.75 Å². The van der Waals surface area contributed by atoms with Gasteiger partial charge in [0.25, 0.3) is 5.91 Å². The average molecular weight is 421 g/mol. The van der Waals surface area contributed by atoms with Crippen LogP contribution in [0.4, 0.5) is 5.69 Å². The third-order valence-electron chi connectivity index (χ3n) is 3.54. The van der Waals surface area contributed by atoms with E-state index in [0.29, 0.717) is 12.2 Å². The number of unbranched alkanes of at least 4 members (excludes halogenated alkanes) is 1. The molecule has 0 unspecified atom stereocenters. The van der Waals surface area contributed by atoms with Crippen molar-refractivity contribution in [3.05, 3.63) is 58.1 Å². The molecule has 0 aromatic heterocycles. The lowest BCUT2D eigenvalue weighted by Gasteiger charge is -2.11. The van der Waals surface area contributed by atoms with Gasteiger partial charge in [-0.25, -0.2) is 0 Å². The van der Waals surface area contributed by atoms with Gasteiger partial charge in [-0.3, -0.25) is 10.1 Å². The SMILES string of the molecule is CCCCOc1ccc(NC(=S)NC(=O)c2ccc(C)c(Br)c2)cc1. The lowest BCUT2D eigenvalue weighted by atomic mass is 10.1. The van der Waals surface area contributed by atoms with Gasteiger partial charge in [0.05, 0.1) is 6.61 Å². The van der Waals surface area contributed by atoms with Crippen molar-refractivity contribution in [2.75, 3.05) is 11.9 Å². The molecular weight excluding hydrogens is 400 g/mol. The Morgan fingerprint density at radius 3 is 2.56 bits per heavy atom. The second-order valence-electron chi connectivity index (χ2n) is 5.60. The zero-order chi connectivity index (χ0) is 18.2. The summed E-state index contributed by atoms with van der Waals surface area (Å²) in [6.07, 6.45) is 2.14. The molecule has 132 valence electrons. The first-order valence-corrected chi connectivity index (χ1v) is 9.31. The number of hydrogen-bond acceptors (Lipinski definition) is 3. The van der Waals surface area contributed by atoms with E-state index in [2.05, 4.69) is 33.5 Å². The number of amides is 1. The van der Waals surface area contributed by atoms with Crippen LogP contribution in [-0.4, -0.2) is 17.6 Å². The second kappa shape index (κ2) is 9.53. The van der Waals surface area contributed by atoms with Crippen LogP contribution in [0.15, 0.2) is 46.9 Å². The van der Waals surface area contributed by atoms with Crippen LogP contribution >= 0.6 is 28.1 Å². The number of carbonyl (C=O) groups is 1. The first kappa shape index (κ1) is 19.4. The number of nitrogens with one attached hydrogen (secondary N) is 2. The molecule has 0 saturated carbocycles. The maximum atomic E-state index is 12.2. The standard InChI is InChI=1S/C19H21BrN2O2S/c1-3-4-11-24-16-9-7-15(8-10-16)21-19(25)22-18(23)14-6-5-13(2)17(20)12-14/h5-10,12H,3-4,11H2,1-2H3,(H2,21,22,23,25). The lowest BCUT2D eigenvalue weighted by Crippen LogP contribution is -2.34. The highest BCUT2D eigenvalue weighted by Gasteiger charge is 2.09. The Kier molecular flexibility index (Phi) is 7.40. The minimum atomic E-state index is -0.252. The summed E-state index contributed by atoms with van der Waals surface area (Å²) < 4.78 is 6.50. The molecule has 0 aliphatic rings. The topological polar surface area (TPSA) is 50.4 Å². The maximum Gasteiger partial charge on any atom is 0.257 e. The second-order valence-corrected chi connectivity index (χ2v) is 6.86. The molecule has 0 fully saturated rings. The largest absolute Gasteiger partial charge is 0.494 e. The minimum Gasteiger partial charge on any atom is -0.494 e. The molecule has 0 spiro atoms. The molecule has 0 aliphatic heterocycles. The van der Waals surface area contributed by atoms with Gasteiger partial charge in [-0.05, 0) is 67.5 Å². The van der Waals surface area contributed by atoms with Gasteiger partial charge >= 0.3 is 0 Å². The van der Waals surface area contributed by atoms with Crippen molar-refractivity contribution < 1.29 is 9.53 Å². The van der Waals surface area contributed by atoms with E-state index in [4.69, 9.17) is 17.0 Å². The number of hydrogen-bond donors (Lipinski definition) is 2. The van der Waals surface area contributed by atoms with E-state index in [1.807, 2.05) is 37.3 Å². The van der Waals surface area contributed by atoms with Gasteiger partial charge < -0.3 is 10.1 Å². The number of ether oxygens (including phenoxy) is 1. The zero-order valence-corrected chi connectivity index (χ0v) is 16.7. The predicted octanol–water partition coefficient (Wildman–Crippen LogP) is 5.06. The highest BCUT2D eigenvalue weighted by Crippen LogP contribution is 2.18. The number of carbonyl (C=O) groups excluding carboxylic acids is 1. The Morgan fingerprint density at radius 1 is 1.20 bits per heavy atom. The summed E-state index contributed by atoms with van der Waals surface area (Å²) in [7, 11) is 0. The third-order valence-corrected chi connectivity index (χ3v) is 4.60. The van der Waals surface area contributed by atoms with Gasteiger partial charge in [0.2, 0.25) is 0 Å². The summed E-state index contributed by atoms with van der Waals surface area (Å²) in [6, 6.07) is 12.9. The van der Waals surface area contributed by atoms with Crippen molar-refractivity contribution >= 4 is 44.9 Å². The molecule has 0 saturated heterocycles. The molecule has 6 heteroatoms. The Labute approximate surface area is 162 Å².